The highest BCUT2D eigenvalue weighted by molar-refractivity contribution is 7.18. The fourth-order valence-electron chi connectivity index (χ4n) is 3.76. The van der Waals surface area contributed by atoms with Crippen LogP contribution in [0, 0.1) is 5.92 Å². The molecule has 6 heteroatoms. The molecule has 0 radical (unpaired) electrons. The summed E-state index contributed by atoms with van der Waals surface area (Å²) in [4.78, 5) is 33.2. The Kier molecular flexibility index (Phi) is 4.00. The first-order chi connectivity index (χ1) is 11.6. The van der Waals surface area contributed by atoms with E-state index in [-0.39, 0.29) is 23.8 Å². The Hall–Kier alpha value is -1.95. The summed E-state index contributed by atoms with van der Waals surface area (Å²) < 4.78 is 1.17. The Morgan fingerprint density at radius 2 is 2.12 bits per heavy atom. The van der Waals surface area contributed by atoms with Gasteiger partial charge in [0.15, 0.2) is 0 Å². The predicted molar refractivity (Wildman–Crippen MR) is 93.8 cm³/mol. The van der Waals surface area contributed by atoms with Crippen LogP contribution in [0.3, 0.4) is 0 Å². The summed E-state index contributed by atoms with van der Waals surface area (Å²) in [6, 6.07) is 8.24. The van der Waals surface area contributed by atoms with Crippen molar-refractivity contribution in [3.63, 3.8) is 0 Å². The van der Waals surface area contributed by atoms with Gasteiger partial charge in [-0.15, -0.1) is 11.3 Å². The second-order valence-corrected chi connectivity index (χ2v) is 7.87. The summed E-state index contributed by atoms with van der Waals surface area (Å²) in [5, 5.41) is 1.01. The molecule has 0 saturated carbocycles. The van der Waals surface area contributed by atoms with Crippen LogP contribution in [-0.4, -0.2) is 52.8 Å². The van der Waals surface area contributed by atoms with E-state index in [2.05, 4.69) is 11.1 Å². The monoisotopic (exact) mass is 343 g/mol. The van der Waals surface area contributed by atoms with Crippen molar-refractivity contribution in [2.45, 2.75) is 31.7 Å². The molecule has 5 rings (SSSR count). The number of para-hydroxylation sites is 1. The van der Waals surface area contributed by atoms with Gasteiger partial charge in [0.2, 0.25) is 11.8 Å². The van der Waals surface area contributed by atoms with Crippen LogP contribution in [0.1, 0.15) is 24.3 Å². The molecule has 2 unspecified atom stereocenters. The normalized spacial score (nSPS) is 23.8. The molecule has 2 atom stereocenters. The van der Waals surface area contributed by atoms with Crippen molar-refractivity contribution >= 4 is 33.4 Å². The highest BCUT2D eigenvalue weighted by atomic mass is 32.1. The van der Waals surface area contributed by atoms with Crippen LogP contribution < -0.4 is 0 Å². The highest BCUT2D eigenvalue weighted by Gasteiger charge is 2.39. The van der Waals surface area contributed by atoms with Gasteiger partial charge in [0.25, 0.3) is 0 Å². The standard InChI is InChI=1S/C18H21N3O2S/c1-20-13-7-6-12(18(20)23)10-21(11-13)17(22)9-8-16-19-14-4-2-3-5-15(14)24-16/h2-5,12-13H,6-11H2,1H3. The fourth-order valence-corrected chi connectivity index (χ4v) is 4.73. The van der Waals surface area contributed by atoms with E-state index >= 15 is 0 Å². The van der Waals surface area contributed by atoms with E-state index in [1.54, 1.807) is 11.3 Å². The zero-order valence-electron chi connectivity index (χ0n) is 13.8. The minimum atomic E-state index is -0.0137. The van der Waals surface area contributed by atoms with E-state index in [0.29, 0.717) is 25.9 Å². The van der Waals surface area contributed by atoms with E-state index in [4.69, 9.17) is 0 Å². The minimum absolute atomic E-state index is 0.0137. The number of amides is 2. The number of rotatable bonds is 3. The highest BCUT2D eigenvalue weighted by Crippen LogP contribution is 2.28. The number of nitrogens with zero attached hydrogens (tertiary/aromatic N) is 3. The van der Waals surface area contributed by atoms with E-state index in [0.717, 1.165) is 23.4 Å². The molecule has 2 aromatic rings. The molecule has 126 valence electrons. The summed E-state index contributed by atoms with van der Waals surface area (Å²) in [5.74, 6) is 0.335. The third-order valence-corrected chi connectivity index (χ3v) is 6.30. The maximum Gasteiger partial charge on any atom is 0.227 e. The number of hydrogen-bond donors (Lipinski definition) is 0. The van der Waals surface area contributed by atoms with Crippen LogP contribution in [-0.2, 0) is 16.0 Å². The quantitative estimate of drug-likeness (QED) is 0.859. The van der Waals surface area contributed by atoms with Crippen molar-refractivity contribution in [3.8, 4) is 0 Å². The van der Waals surface area contributed by atoms with Gasteiger partial charge in [-0.3, -0.25) is 9.59 Å². The number of thiazole rings is 1. The lowest BCUT2D eigenvalue weighted by atomic mass is 9.95. The molecular weight excluding hydrogens is 322 g/mol. The maximum atomic E-state index is 12.6. The Morgan fingerprint density at radius 3 is 2.96 bits per heavy atom. The number of aromatic nitrogens is 1. The Balaban J connectivity index is 1.42. The molecule has 3 aliphatic heterocycles. The minimum Gasteiger partial charge on any atom is -0.341 e. The number of carbonyl (C=O) groups is 2. The van der Waals surface area contributed by atoms with Crippen LogP contribution in [0.4, 0.5) is 0 Å². The number of aryl methyl sites for hydroxylation is 1. The van der Waals surface area contributed by atoms with Crippen molar-refractivity contribution < 1.29 is 9.59 Å². The molecule has 2 amide bonds. The van der Waals surface area contributed by atoms with Gasteiger partial charge in [0, 0.05) is 39.0 Å². The lowest BCUT2D eigenvalue weighted by molar-refractivity contribution is -0.138. The topological polar surface area (TPSA) is 53.5 Å². The van der Waals surface area contributed by atoms with Crippen molar-refractivity contribution in [2.75, 3.05) is 20.1 Å². The molecule has 2 bridgehead atoms. The summed E-state index contributed by atoms with van der Waals surface area (Å²) in [5.41, 5.74) is 1.00. The molecule has 0 N–H and O–H groups in total. The number of fused-ring (bicyclic) bond motifs is 5. The lowest BCUT2D eigenvalue weighted by Crippen LogP contribution is -2.45. The number of benzene rings is 1. The molecule has 1 aromatic heterocycles. The van der Waals surface area contributed by atoms with Crippen molar-refractivity contribution in [3.05, 3.63) is 29.3 Å². The SMILES string of the molecule is CN1C(=O)C2CCC1CN(C(=O)CCc1nc3ccccc3s1)C2. The van der Waals surface area contributed by atoms with Crippen LogP contribution >= 0.6 is 11.3 Å². The number of carbonyl (C=O) groups excluding carboxylic acids is 2. The first kappa shape index (κ1) is 15.6. The maximum absolute atomic E-state index is 12.6. The largest absolute Gasteiger partial charge is 0.341 e. The van der Waals surface area contributed by atoms with Crippen LogP contribution in [0.15, 0.2) is 24.3 Å². The van der Waals surface area contributed by atoms with Gasteiger partial charge in [-0.2, -0.15) is 0 Å². The van der Waals surface area contributed by atoms with Crippen LogP contribution in [0.5, 0.6) is 0 Å². The zero-order valence-corrected chi connectivity index (χ0v) is 14.6. The Labute approximate surface area is 145 Å². The van der Waals surface area contributed by atoms with E-state index < -0.39 is 0 Å². The molecule has 4 heterocycles. The molecule has 1 aromatic carbocycles. The number of likely N-dealkylation sites (N-methyl/N-ethyl adjacent to an activating group) is 1. The van der Waals surface area contributed by atoms with Crippen molar-refractivity contribution in [1.29, 1.82) is 0 Å². The van der Waals surface area contributed by atoms with Gasteiger partial charge in [-0.25, -0.2) is 4.98 Å². The van der Waals surface area contributed by atoms with Crippen LogP contribution in [0.25, 0.3) is 10.2 Å². The van der Waals surface area contributed by atoms with E-state index in [1.165, 1.54) is 4.70 Å². The Bertz CT molecular complexity index is 754. The Morgan fingerprint density at radius 1 is 1.29 bits per heavy atom. The second-order valence-electron chi connectivity index (χ2n) is 6.75. The van der Waals surface area contributed by atoms with Gasteiger partial charge in [0.05, 0.1) is 21.1 Å². The van der Waals surface area contributed by atoms with Gasteiger partial charge in [-0.05, 0) is 25.0 Å². The average molecular weight is 343 g/mol. The second kappa shape index (κ2) is 6.16. The predicted octanol–water partition coefficient (Wildman–Crippen LogP) is 2.31. The molecule has 3 aliphatic rings. The van der Waals surface area contributed by atoms with Crippen molar-refractivity contribution in [1.82, 2.24) is 14.8 Å². The molecule has 24 heavy (non-hydrogen) atoms. The van der Waals surface area contributed by atoms with E-state index in [9.17, 15) is 9.59 Å². The summed E-state index contributed by atoms with van der Waals surface area (Å²) >= 11 is 1.66. The average Bonchev–Trinajstić information content (AvgIpc) is 2.82. The van der Waals surface area contributed by atoms with Crippen LogP contribution in [0.2, 0.25) is 0 Å². The summed E-state index contributed by atoms with van der Waals surface area (Å²) in [6.45, 7) is 1.26. The van der Waals surface area contributed by atoms with Gasteiger partial charge in [-0.1, -0.05) is 12.1 Å². The van der Waals surface area contributed by atoms with Gasteiger partial charge in [0.1, 0.15) is 0 Å². The van der Waals surface area contributed by atoms with Gasteiger partial charge >= 0.3 is 0 Å². The van der Waals surface area contributed by atoms with Gasteiger partial charge < -0.3 is 9.80 Å². The fraction of sp³-hybridized carbons (Fsp3) is 0.500. The third kappa shape index (κ3) is 2.79. The smallest absolute Gasteiger partial charge is 0.227 e. The summed E-state index contributed by atoms with van der Waals surface area (Å²) in [7, 11) is 1.87. The molecule has 3 fully saturated rings. The zero-order chi connectivity index (χ0) is 16.7. The number of piperidine rings is 1. The number of hydrogen-bond acceptors (Lipinski definition) is 4. The van der Waals surface area contributed by atoms with Crippen molar-refractivity contribution in [2.24, 2.45) is 5.92 Å². The summed E-state index contributed by atoms with van der Waals surface area (Å²) in [6.07, 6.45) is 3.06. The molecule has 5 nitrogen and oxygen atoms in total. The lowest BCUT2D eigenvalue weighted by Gasteiger charge is -2.32. The molecular formula is C18H21N3O2S. The van der Waals surface area contributed by atoms with E-state index in [1.807, 2.05) is 35.0 Å². The third-order valence-electron chi connectivity index (χ3n) is 5.21. The molecule has 3 saturated heterocycles. The first-order valence-electron chi connectivity index (χ1n) is 8.50. The molecule has 0 aliphatic carbocycles. The first-order valence-corrected chi connectivity index (χ1v) is 9.32. The molecule has 0 spiro atoms.